The lowest BCUT2D eigenvalue weighted by molar-refractivity contribution is -0.130. The molecule has 4 heteroatoms. The average Bonchev–Trinajstić information content (AvgIpc) is 3.04. The van der Waals surface area contributed by atoms with Gasteiger partial charge in [0.2, 0.25) is 0 Å². The zero-order valence-electron chi connectivity index (χ0n) is 16.1. The zero-order chi connectivity index (χ0) is 18.6. The number of fused-ring (bicyclic) bond motifs is 2. The van der Waals surface area contributed by atoms with E-state index in [0.717, 1.165) is 30.4 Å². The number of ether oxygens (including phenoxy) is 1. The second-order valence-corrected chi connectivity index (χ2v) is 8.81. The lowest BCUT2D eigenvalue weighted by atomic mass is 9.69. The Morgan fingerprint density at radius 2 is 2.04 bits per heavy atom. The maximum absolute atomic E-state index is 13.0. The molecule has 0 aliphatic heterocycles. The van der Waals surface area contributed by atoms with Crippen molar-refractivity contribution in [2.45, 2.75) is 65.1 Å². The molecule has 0 aromatic heterocycles. The number of ketones is 1. The molecule has 0 saturated heterocycles. The molecule has 0 aromatic rings. The number of hydrogen-bond acceptors (Lipinski definition) is 4. The van der Waals surface area contributed by atoms with Gasteiger partial charge in [0, 0.05) is 18.4 Å². The van der Waals surface area contributed by atoms with Crippen LogP contribution in [0.15, 0.2) is 22.8 Å². The molecule has 3 aliphatic carbocycles. The second-order valence-electron chi connectivity index (χ2n) is 8.81. The lowest BCUT2D eigenvalue weighted by Gasteiger charge is -2.38. The van der Waals surface area contributed by atoms with E-state index < -0.39 is 11.7 Å². The Kier molecular flexibility index (Phi) is 4.76. The molecule has 4 nitrogen and oxygen atoms in total. The van der Waals surface area contributed by atoms with Crippen LogP contribution >= 0.6 is 0 Å². The van der Waals surface area contributed by atoms with Gasteiger partial charge in [-0.25, -0.2) is 0 Å². The van der Waals surface area contributed by atoms with Crippen LogP contribution in [-0.4, -0.2) is 41.4 Å². The van der Waals surface area contributed by atoms with Crippen molar-refractivity contribution in [3.8, 4) is 0 Å². The minimum Gasteiger partial charge on any atom is -0.383 e. The van der Waals surface area contributed by atoms with E-state index in [4.69, 9.17) is 4.74 Å². The molecule has 0 unspecified atom stereocenters. The molecule has 0 spiro atoms. The van der Waals surface area contributed by atoms with E-state index in [2.05, 4.69) is 26.8 Å². The van der Waals surface area contributed by atoms with Crippen LogP contribution in [0, 0.1) is 23.2 Å². The SMILES string of the molecule is COC[C@@]1(O)CC[C@@H]2/C1=C\[C@@]1(C)CCC(C(C)C)=C1[C@@H](O)C(=O)[C@@H]2C. The van der Waals surface area contributed by atoms with Gasteiger partial charge in [-0.1, -0.05) is 39.3 Å². The van der Waals surface area contributed by atoms with Crippen molar-refractivity contribution in [3.05, 3.63) is 22.8 Å². The van der Waals surface area contributed by atoms with Gasteiger partial charge in [0.05, 0.1) is 6.61 Å². The average molecular weight is 348 g/mol. The highest BCUT2D eigenvalue weighted by Crippen LogP contribution is 2.54. The van der Waals surface area contributed by atoms with Crippen molar-refractivity contribution in [2.75, 3.05) is 13.7 Å². The van der Waals surface area contributed by atoms with Crippen LogP contribution in [0.25, 0.3) is 0 Å². The summed E-state index contributed by atoms with van der Waals surface area (Å²) < 4.78 is 5.30. The van der Waals surface area contributed by atoms with Crippen LogP contribution in [0.5, 0.6) is 0 Å². The first kappa shape index (κ1) is 18.8. The Bertz CT molecular complexity index is 632. The number of Topliss-reactive ketones (excluding diaryl/α,β-unsaturated/α-hetero) is 1. The maximum Gasteiger partial charge on any atom is 0.168 e. The summed E-state index contributed by atoms with van der Waals surface area (Å²) in [7, 11) is 1.60. The van der Waals surface area contributed by atoms with Crippen molar-refractivity contribution in [1.29, 1.82) is 0 Å². The van der Waals surface area contributed by atoms with Gasteiger partial charge in [-0.15, -0.1) is 0 Å². The molecule has 0 aromatic carbocycles. The third-order valence-electron chi connectivity index (χ3n) is 6.83. The summed E-state index contributed by atoms with van der Waals surface area (Å²) in [6, 6.07) is 0. The summed E-state index contributed by atoms with van der Waals surface area (Å²) in [5.74, 6) is -0.0925. The molecule has 140 valence electrons. The molecule has 0 radical (unpaired) electrons. The molecular weight excluding hydrogens is 316 g/mol. The fourth-order valence-electron chi connectivity index (χ4n) is 5.39. The van der Waals surface area contributed by atoms with E-state index in [-0.39, 0.29) is 29.6 Å². The van der Waals surface area contributed by atoms with Crippen LogP contribution in [0.2, 0.25) is 0 Å². The van der Waals surface area contributed by atoms with E-state index >= 15 is 0 Å². The van der Waals surface area contributed by atoms with Crippen molar-refractivity contribution >= 4 is 5.78 Å². The summed E-state index contributed by atoms with van der Waals surface area (Å²) in [5, 5.41) is 22.1. The third kappa shape index (κ3) is 2.83. The van der Waals surface area contributed by atoms with Crippen LogP contribution in [-0.2, 0) is 9.53 Å². The van der Waals surface area contributed by atoms with Gasteiger partial charge in [0.25, 0.3) is 0 Å². The summed E-state index contributed by atoms with van der Waals surface area (Å²) in [6.07, 6.45) is 4.32. The smallest absolute Gasteiger partial charge is 0.168 e. The molecule has 25 heavy (non-hydrogen) atoms. The Morgan fingerprint density at radius 3 is 2.64 bits per heavy atom. The Labute approximate surface area is 151 Å². The van der Waals surface area contributed by atoms with Gasteiger partial charge in [0.1, 0.15) is 11.7 Å². The topological polar surface area (TPSA) is 66.8 Å². The van der Waals surface area contributed by atoms with Crippen molar-refractivity contribution in [1.82, 2.24) is 0 Å². The largest absolute Gasteiger partial charge is 0.383 e. The fraction of sp³-hybridized carbons (Fsp3) is 0.762. The first-order chi connectivity index (χ1) is 11.6. The highest BCUT2D eigenvalue weighted by atomic mass is 16.5. The molecule has 0 amide bonds. The molecule has 3 rings (SSSR count). The quantitative estimate of drug-likeness (QED) is 0.770. The highest BCUT2D eigenvalue weighted by molar-refractivity contribution is 5.89. The predicted molar refractivity (Wildman–Crippen MR) is 97.0 cm³/mol. The fourth-order valence-corrected chi connectivity index (χ4v) is 5.39. The Balaban J connectivity index is 2.20. The third-order valence-corrected chi connectivity index (χ3v) is 6.83. The van der Waals surface area contributed by atoms with Crippen molar-refractivity contribution in [3.63, 3.8) is 0 Å². The zero-order valence-corrected chi connectivity index (χ0v) is 16.1. The van der Waals surface area contributed by atoms with E-state index in [1.807, 2.05) is 6.92 Å². The number of allylic oxidation sites excluding steroid dienone is 2. The number of hydrogen-bond donors (Lipinski definition) is 2. The van der Waals surface area contributed by atoms with E-state index in [9.17, 15) is 15.0 Å². The molecule has 5 atom stereocenters. The minimum atomic E-state index is -1.02. The van der Waals surface area contributed by atoms with Crippen LogP contribution in [0.4, 0.5) is 0 Å². The molecule has 2 N–H and O–H groups in total. The summed E-state index contributed by atoms with van der Waals surface area (Å²) in [4.78, 5) is 13.0. The van der Waals surface area contributed by atoms with Gasteiger partial charge in [0.15, 0.2) is 5.78 Å². The van der Waals surface area contributed by atoms with E-state index in [1.165, 1.54) is 5.57 Å². The number of rotatable bonds is 3. The van der Waals surface area contributed by atoms with Crippen LogP contribution in [0.1, 0.15) is 53.4 Å². The minimum absolute atomic E-state index is 0.0104. The Morgan fingerprint density at radius 1 is 1.36 bits per heavy atom. The molecule has 0 bridgehead atoms. The first-order valence-corrected chi connectivity index (χ1v) is 9.54. The highest BCUT2D eigenvalue weighted by Gasteiger charge is 2.52. The first-order valence-electron chi connectivity index (χ1n) is 9.54. The number of carbonyl (C=O) groups is 1. The Hall–Kier alpha value is -0.970. The summed E-state index contributed by atoms with van der Waals surface area (Å²) in [5.41, 5.74) is 1.68. The molecule has 0 heterocycles. The van der Waals surface area contributed by atoms with Gasteiger partial charge < -0.3 is 14.9 Å². The number of aliphatic hydroxyl groups excluding tert-OH is 1. The summed E-state index contributed by atoms with van der Waals surface area (Å²) >= 11 is 0. The summed E-state index contributed by atoms with van der Waals surface area (Å²) in [6.45, 7) is 8.51. The van der Waals surface area contributed by atoms with Crippen LogP contribution < -0.4 is 0 Å². The lowest BCUT2D eigenvalue weighted by Crippen LogP contribution is -2.42. The standard InChI is InChI=1S/C21H32O4/c1-12(2)14-6-8-20(4)10-16-15(7-9-21(16,24)11-25-5)13(3)18(22)19(23)17(14)20/h10,12-13,15,19,23-24H,6-9,11H2,1-5H3/b16-10+/t13-,15+,19-,20-,21+/m1/s1. The van der Waals surface area contributed by atoms with Gasteiger partial charge in [-0.3, -0.25) is 4.79 Å². The molecular formula is C21H32O4. The monoisotopic (exact) mass is 348 g/mol. The van der Waals surface area contributed by atoms with Gasteiger partial charge in [-0.05, 0) is 48.7 Å². The second kappa shape index (κ2) is 6.33. The van der Waals surface area contributed by atoms with Gasteiger partial charge >= 0.3 is 0 Å². The maximum atomic E-state index is 13.0. The van der Waals surface area contributed by atoms with Crippen molar-refractivity contribution < 1.29 is 19.7 Å². The molecule has 1 saturated carbocycles. The number of methoxy groups -OCH3 is 1. The predicted octanol–water partition coefficient (Wildman–Crippen LogP) is 3.03. The molecule has 3 aliphatic rings. The molecule has 1 fully saturated rings. The normalized spacial score (nSPS) is 43.6. The number of aliphatic hydroxyl groups is 2. The number of carbonyl (C=O) groups excluding carboxylic acids is 1. The van der Waals surface area contributed by atoms with Crippen LogP contribution in [0.3, 0.4) is 0 Å². The van der Waals surface area contributed by atoms with E-state index in [0.29, 0.717) is 12.3 Å². The van der Waals surface area contributed by atoms with E-state index in [1.54, 1.807) is 7.11 Å². The van der Waals surface area contributed by atoms with Crippen molar-refractivity contribution in [2.24, 2.45) is 23.2 Å². The van der Waals surface area contributed by atoms with Gasteiger partial charge in [-0.2, -0.15) is 0 Å².